The minimum atomic E-state index is -0.0537. The first-order valence-corrected chi connectivity index (χ1v) is 5.06. The van der Waals surface area contributed by atoms with Gasteiger partial charge in [-0.15, -0.1) is 0 Å². The Balaban J connectivity index is 2.95. The Morgan fingerprint density at radius 1 is 1.53 bits per heavy atom. The number of hydrogen-bond donors (Lipinski definition) is 2. The second-order valence-electron chi connectivity index (χ2n) is 3.41. The molecule has 0 aromatic carbocycles. The Morgan fingerprint density at radius 2 is 2.27 bits per heavy atom. The van der Waals surface area contributed by atoms with Gasteiger partial charge in [0.25, 0.3) is 0 Å². The molecule has 0 aliphatic rings. The third kappa shape index (κ3) is 3.14. The van der Waals surface area contributed by atoms with Gasteiger partial charge in [0.2, 0.25) is 0 Å². The highest BCUT2D eigenvalue weighted by Gasteiger charge is 2.13. The van der Waals surface area contributed by atoms with Gasteiger partial charge < -0.3 is 10.2 Å². The fourth-order valence-corrected chi connectivity index (χ4v) is 1.42. The summed E-state index contributed by atoms with van der Waals surface area (Å²) in [5, 5.41) is 0. The Morgan fingerprint density at radius 3 is 2.80 bits per heavy atom. The second-order valence-corrected chi connectivity index (χ2v) is 3.41. The summed E-state index contributed by atoms with van der Waals surface area (Å²) < 4.78 is 5.34. The third-order valence-electron chi connectivity index (χ3n) is 2.14. The number of methoxy groups -OCH3 is 1. The topological polar surface area (TPSA) is 73.1 Å². The molecule has 5 heteroatoms. The molecular weight excluding hydrogens is 192 g/mol. The molecule has 3 N–H and O–H groups in total. The van der Waals surface area contributed by atoms with E-state index in [-0.39, 0.29) is 6.10 Å². The number of nitrogens with one attached hydrogen (secondary N) is 1. The van der Waals surface area contributed by atoms with E-state index in [4.69, 9.17) is 10.6 Å². The van der Waals surface area contributed by atoms with Crippen LogP contribution in [0.2, 0.25) is 0 Å². The van der Waals surface area contributed by atoms with Crippen LogP contribution < -0.4 is 11.3 Å². The monoisotopic (exact) mass is 210 g/mol. The highest BCUT2D eigenvalue weighted by molar-refractivity contribution is 5.34. The SMILES string of the molecule is CCCC(OC)c1nc(C)cc(NN)n1. The van der Waals surface area contributed by atoms with Crippen LogP contribution >= 0.6 is 0 Å². The van der Waals surface area contributed by atoms with Crippen LogP contribution in [0.1, 0.15) is 37.4 Å². The molecule has 1 aromatic heterocycles. The third-order valence-corrected chi connectivity index (χ3v) is 2.14. The number of nitrogen functional groups attached to an aromatic ring is 1. The summed E-state index contributed by atoms with van der Waals surface area (Å²) in [5.74, 6) is 6.63. The molecule has 0 bridgehead atoms. The number of nitrogens with two attached hydrogens (primary N) is 1. The van der Waals surface area contributed by atoms with Gasteiger partial charge >= 0.3 is 0 Å². The normalized spacial score (nSPS) is 12.5. The van der Waals surface area contributed by atoms with Gasteiger partial charge in [-0.1, -0.05) is 13.3 Å². The zero-order valence-electron chi connectivity index (χ0n) is 9.45. The zero-order chi connectivity index (χ0) is 11.3. The molecule has 0 spiro atoms. The molecule has 0 amide bonds. The lowest BCUT2D eigenvalue weighted by molar-refractivity contribution is 0.0876. The average Bonchev–Trinajstić information content (AvgIpc) is 2.24. The van der Waals surface area contributed by atoms with Gasteiger partial charge in [0.05, 0.1) is 0 Å². The summed E-state index contributed by atoms with van der Waals surface area (Å²) in [5.41, 5.74) is 3.40. The summed E-state index contributed by atoms with van der Waals surface area (Å²) in [7, 11) is 1.67. The largest absolute Gasteiger partial charge is 0.373 e. The molecule has 1 heterocycles. The lowest BCUT2D eigenvalue weighted by Crippen LogP contribution is -2.13. The van der Waals surface area contributed by atoms with E-state index in [1.807, 2.05) is 6.92 Å². The van der Waals surface area contributed by atoms with Gasteiger partial charge in [-0.05, 0) is 13.3 Å². The first kappa shape index (κ1) is 11.9. The summed E-state index contributed by atoms with van der Waals surface area (Å²) in [6.07, 6.45) is 1.88. The molecule has 1 unspecified atom stereocenters. The second kappa shape index (κ2) is 5.63. The molecule has 0 saturated heterocycles. The fraction of sp³-hybridized carbons (Fsp3) is 0.600. The first-order valence-electron chi connectivity index (χ1n) is 5.06. The van der Waals surface area contributed by atoms with Gasteiger partial charge in [0.1, 0.15) is 11.9 Å². The van der Waals surface area contributed by atoms with Gasteiger partial charge in [-0.3, -0.25) is 0 Å². The van der Waals surface area contributed by atoms with Gasteiger partial charge in [0.15, 0.2) is 5.82 Å². The van der Waals surface area contributed by atoms with E-state index in [9.17, 15) is 0 Å². The quantitative estimate of drug-likeness (QED) is 0.570. The Labute approximate surface area is 90.0 Å². The van der Waals surface area contributed by atoms with E-state index in [0.717, 1.165) is 18.5 Å². The van der Waals surface area contributed by atoms with E-state index < -0.39 is 0 Å². The summed E-state index contributed by atoms with van der Waals surface area (Å²) in [6.45, 7) is 4.01. The molecule has 84 valence electrons. The van der Waals surface area contributed by atoms with E-state index in [1.54, 1.807) is 13.2 Å². The minimum Gasteiger partial charge on any atom is -0.373 e. The smallest absolute Gasteiger partial charge is 0.159 e. The van der Waals surface area contributed by atoms with E-state index >= 15 is 0 Å². The van der Waals surface area contributed by atoms with E-state index in [1.165, 1.54) is 0 Å². The number of anilines is 1. The zero-order valence-corrected chi connectivity index (χ0v) is 9.45. The van der Waals surface area contributed by atoms with Crippen LogP contribution in [0, 0.1) is 6.92 Å². The summed E-state index contributed by atoms with van der Waals surface area (Å²) in [4.78, 5) is 8.61. The maximum Gasteiger partial charge on any atom is 0.159 e. The van der Waals surface area contributed by atoms with Crippen LogP contribution in [-0.2, 0) is 4.74 Å². The van der Waals surface area contributed by atoms with Crippen molar-refractivity contribution in [2.24, 2.45) is 5.84 Å². The van der Waals surface area contributed by atoms with Gasteiger partial charge in [-0.2, -0.15) is 0 Å². The molecule has 0 aliphatic heterocycles. The van der Waals surface area contributed by atoms with Crippen LogP contribution in [0.4, 0.5) is 5.82 Å². The molecule has 15 heavy (non-hydrogen) atoms. The number of nitrogens with zero attached hydrogens (tertiary/aromatic N) is 2. The maximum absolute atomic E-state index is 5.34. The van der Waals surface area contributed by atoms with Crippen LogP contribution in [0.5, 0.6) is 0 Å². The van der Waals surface area contributed by atoms with Crippen LogP contribution in [0.3, 0.4) is 0 Å². The number of rotatable bonds is 5. The number of aromatic nitrogens is 2. The molecule has 0 aliphatic carbocycles. The molecular formula is C10H18N4O. The molecule has 5 nitrogen and oxygen atoms in total. The number of ether oxygens (including phenoxy) is 1. The van der Waals surface area contributed by atoms with Crippen LogP contribution in [-0.4, -0.2) is 17.1 Å². The predicted octanol–water partition coefficient (Wildman–Crippen LogP) is 1.56. The predicted molar refractivity (Wildman–Crippen MR) is 59.2 cm³/mol. The number of hydrazine groups is 1. The van der Waals surface area contributed by atoms with Crippen molar-refractivity contribution in [1.29, 1.82) is 0 Å². The van der Waals surface area contributed by atoms with Crippen molar-refractivity contribution >= 4 is 5.82 Å². The van der Waals surface area contributed by atoms with Crippen LogP contribution in [0.25, 0.3) is 0 Å². The number of hydrogen-bond acceptors (Lipinski definition) is 5. The average molecular weight is 210 g/mol. The minimum absolute atomic E-state index is 0.0537. The van der Waals surface area contributed by atoms with Crippen molar-refractivity contribution in [1.82, 2.24) is 9.97 Å². The van der Waals surface area contributed by atoms with Crippen LogP contribution in [0.15, 0.2) is 6.07 Å². The molecule has 0 radical (unpaired) electrons. The standard InChI is InChI=1S/C10H18N4O/c1-4-5-8(15-3)10-12-7(2)6-9(13-10)14-11/h6,8H,4-5,11H2,1-3H3,(H,12,13,14). The maximum atomic E-state index is 5.34. The Bertz CT molecular complexity index is 316. The van der Waals surface area contributed by atoms with Crippen molar-refractivity contribution in [3.05, 3.63) is 17.6 Å². The van der Waals surface area contributed by atoms with Crippen molar-refractivity contribution < 1.29 is 4.74 Å². The Kier molecular flexibility index (Phi) is 4.45. The van der Waals surface area contributed by atoms with Crippen molar-refractivity contribution in [2.75, 3.05) is 12.5 Å². The van der Waals surface area contributed by atoms with Crippen molar-refractivity contribution in [2.45, 2.75) is 32.8 Å². The van der Waals surface area contributed by atoms with E-state index in [0.29, 0.717) is 11.6 Å². The summed E-state index contributed by atoms with van der Waals surface area (Å²) in [6, 6.07) is 1.79. The highest BCUT2D eigenvalue weighted by atomic mass is 16.5. The van der Waals surface area contributed by atoms with Crippen molar-refractivity contribution in [3.63, 3.8) is 0 Å². The van der Waals surface area contributed by atoms with Gasteiger partial charge in [-0.25, -0.2) is 15.8 Å². The molecule has 0 saturated carbocycles. The van der Waals surface area contributed by atoms with Gasteiger partial charge in [0, 0.05) is 18.9 Å². The highest BCUT2D eigenvalue weighted by Crippen LogP contribution is 2.19. The van der Waals surface area contributed by atoms with E-state index in [2.05, 4.69) is 22.3 Å². The molecule has 1 rings (SSSR count). The number of aryl methyl sites for hydroxylation is 1. The lowest BCUT2D eigenvalue weighted by atomic mass is 10.2. The first-order chi connectivity index (χ1) is 7.21. The lowest BCUT2D eigenvalue weighted by Gasteiger charge is -2.14. The summed E-state index contributed by atoms with van der Waals surface area (Å²) >= 11 is 0. The van der Waals surface area contributed by atoms with Crippen molar-refractivity contribution in [3.8, 4) is 0 Å². The fourth-order valence-electron chi connectivity index (χ4n) is 1.42. The molecule has 1 atom stereocenters. The Hall–Kier alpha value is -1.20. The molecule has 0 fully saturated rings. The molecule has 1 aromatic rings.